The summed E-state index contributed by atoms with van der Waals surface area (Å²) in [6, 6.07) is 12.3. The van der Waals surface area contributed by atoms with Crippen LogP contribution in [0.25, 0.3) is 10.4 Å². The Morgan fingerprint density at radius 3 is 2.72 bits per heavy atom. The summed E-state index contributed by atoms with van der Waals surface area (Å²) in [6.07, 6.45) is 3.36. The Hall–Kier alpha value is -1.85. The second-order valence-corrected chi connectivity index (χ2v) is 8.25. The second-order valence-electron chi connectivity index (χ2n) is 7.08. The summed E-state index contributed by atoms with van der Waals surface area (Å²) in [5.74, 6) is 1.33. The minimum atomic E-state index is 0.232. The molecule has 1 aliphatic carbocycles. The Bertz CT molecular complexity index is 747. The van der Waals surface area contributed by atoms with Crippen molar-refractivity contribution in [2.24, 2.45) is 11.3 Å². The van der Waals surface area contributed by atoms with Gasteiger partial charge in [0.2, 0.25) is 5.91 Å². The number of ether oxygens (including phenoxy) is 1. The lowest BCUT2D eigenvalue weighted by molar-refractivity contribution is -0.123. The highest BCUT2D eigenvalue weighted by Gasteiger charge is 2.57. The number of hydrogen-bond donors (Lipinski definition) is 2. The van der Waals surface area contributed by atoms with Crippen LogP contribution in [-0.4, -0.2) is 26.1 Å². The zero-order valence-corrected chi connectivity index (χ0v) is 15.3. The highest BCUT2D eigenvalue weighted by atomic mass is 32.1. The fraction of sp³-hybridized carbons (Fsp3) is 0.450. The highest BCUT2D eigenvalue weighted by Crippen LogP contribution is 2.58. The van der Waals surface area contributed by atoms with E-state index in [0.29, 0.717) is 12.0 Å². The van der Waals surface area contributed by atoms with Gasteiger partial charge in [-0.05, 0) is 79.7 Å². The van der Waals surface area contributed by atoms with Crippen LogP contribution in [-0.2, 0) is 11.3 Å². The van der Waals surface area contributed by atoms with Crippen LogP contribution < -0.4 is 15.4 Å². The molecular formula is C20H24N2O2S. The molecular weight excluding hydrogens is 332 g/mol. The van der Waals surface area contributed by atoms with Crippen LogP contribution in [0.2, 0.25) is 0 Å². The van der Waals surface area contributed by atoms with Gasteiger partial charge in [0.05, 0.1) is 13.7 Å². The first-order chi connectivity index (χ1) is 12.2. The molecule has 2 N–H and O–H groups in total. The Kier molecular flexibility index (Phi) is 4.52. The largest absolute Gasteiger partial charge is 0.497 e. The molecule has 1 atom stereocenters. The molecule has 25 heavy (non-hydrogen) atoms. The lowest BCUT2D eigenvalue weighted by atomic mass is 9.92. The van der Waals surface area contributed by atoms with Gasteiger partial charge in [-0.2, -0.15) is 0 Å². The first-order valence-corrected chi connectivity index (χ1v) is 9.73. The molecule has 132 valence electrons. The second kappa shape index (κ2) is 6.81. The maximum atomic E-state index is 12.5. The Balaban J connectivity index is 1.33. The summed E-state index contributed by atoms with van der Waals surface area (Å²) in [5, 5.41) is 6.53. The van der Waals surface area contributed by atoms with Gasteiger partial charge in [-0.1, -0.05) is 0 Å². The average Bonchev–Trinajstić information content (AvgIpc) is 3.14. The van der Waals surface area contributed by atoms with Crippen molar-refractivity contribution in [3.05, 3.63) is 41.3 Å². The van der Waals surface area contributed by atoms with Crippen LogP contribution in [0.3, 0.4) is 0 Å². The van der Waals surface area contributed by atoms with Crippen molar-refractivity contribution in [3.63, 3.8) is 0 Å². The molecule has 1 aliphatic heterocycles. The summed E-state index contributed by atoms with van der Waals surface area (Å²) >= 11 is 1.74. The molecule has 1 saturated carbocycles. The fourth-order valence-corrected chi connectivity index (χ4v) is 4.83. The summed E-state index contributed by atoms with van der Waals surface area (Å²) in [6.45, 7) is 2.74. The zero-order valence-electron chi connectivity index (χ0n) is 14.5. The molecule has 4 rings (SSSR count). The van der Waals surface area contributed by atoms with Crippen molar-refractivity contribution in [1.82, 2.24) is 10.6 Å². The summed E-state index contributed by atoms with van der Waals surface area (Å²) in [7, 11) is 1.68. The lowest BCUT2D eigenvalue weighted by Gasteiger charge is -2.23. The minimum Gasteiger partial charge on any atom is -0.497 e. The molecule has 1 amide bonds. The summed E-state index contributed by atoms with van der Waals surface area (Å²) < 4.78 is 5.20. The van der Waals surface area contributed by atoms with E-state index in [2.05, 4.69) is 34.9 Å². The number of methoxy groups -OCH3 is 1. The third-order valence-corrected chi connectivity index (χ3v) is 6.71. The number of amides is 1. The van der Waals surface area contributed by atoms with E-state index in [-0.39, 0.29) is 11.8 Å². The Labute approximate surface area is 152 Å². The molecule has 2 fully saturated rings. The van der Waals surface area contributed by atoms with Crippen LogP contribution >= 0.6 is 11.3 Å². The van der Waals surface area contributed by atoms with E-state index in [4.69, 9.17) is 4.74 Å². The van der Waals surface area contributed by atoms with Crippen LogP contribution in [0.4, 0.5) is 0 Å². The molecule has 1 saturated heterocycles. The number of rotatable bonds is 5. The number of piperidine rings is 1. The first-order valence-electron chi connectivity index (χ1n) is 8.92. The molecule has 4 nitrogen and oxygen atoms in total. The monoisotopic (exact) mass is 356 g/mol. The van der Waals surface area contributed by atoms with Gasteiger partial charge >= 0.3 is 0 Å². The van der Waals surface area contributed by atoms with Crippen LogP contribution in [0.5, 0.6) is 5.75 Å². The first kappa shape index (κ1) is 16.6. The standard InChI is InChI=1S/C20H24N2O2S/c1-24-15-4-2-14(3-5-15)18-7-6-16(25-18)13-22-19(23)17-12-20(17)8-10-21-11-9-20/h2-7,17,21H,8-13H2,1H3,(H,22,23). The van der Waals surface area contributed by atoms with Gasteiger partial charge in [0.1, 0.15) is 5.75 Å². The van der Waals surface area contributed by atoms with E-state index in [1.54, 1.807) is 18.4 Å². The van der Waals surface area contributed by atoms with Crippen molar-refractivity contribution in [2.75, 3.05) is 20.2 Å². The van der Waals surface area contributed by atoms with Crippen molar-refractivity contribution in [2.45, 2.75) is 25.8 Å². The highest BCUT2D eigenvalue weighted by molar-refractivity contribution is 7.15. The number of benzene rings is 1. The van der Waals surface area contributed by atoms with E-state index in [1.807, 2.05) is 12.1 Å². The average molecular weight is 356 g/mol. The zero-order chi connectivity index (χ0) is 17.3. The quantitative estimate of drug-likeness (QED) is 0.863. The molecule has 1 aromatic heterocycles. The van der Waals surface area contributed by atoms with E-state index < -0.39 is 0 Å². The topological polar surface area (TPSA) is 50.4 Å². The lowest BCUT2D eigenvalue weighted by Crippen LogP contribution is -2.33. The van der Waals surface area contributed by atoms with Gasteiger partial charge in [-0.3, -0.25) is 4.79 Å². The third-order valence-electron chi connectivity index (χ3n) is 5.58. The SMILES string of the molecule is COc1ccc(-c2ccc(CNC(=O)C3CC34CCNCC4)s2)cc1. The van der Waals surface area contributed by atoms with Crippen molar-refractivity contribution >= 4 is 17.2 Å². The maximum Gasteiger partial charge on any atom is 0.223 e. The van der Waals surface area contributed by atoms with Gasteiger partial charge in [-0.25, -0.2) is 0 Å². The molecule has 5 heteroatoms. The summed E-state index contributed by atoms with van der Waals surface area (Å²) in [5.41, 5.74) is 1.48. The molecule has 2 aromatic rings. The van der Waals surface area contributed by atoms with Crippen molar-refractivity contribution in [1.29, 1.82) is 0 Å². The maximum absolute atomic E-state index is 12.5. The van der Waals surface area contributed by atoms with Crippen molar-refractivity contribution in [3.8, 4) is 16.2 Å². The molecule has 0 bridgehead atoms. The van der Waals surface area contributed by atoms with Gasteiger partial charge in [0, 0.05) is 15.7 Å². The molecule has 1 unspecified atom stereocenters. The smallest absolute Gasteiger partial charge is 0.223 e. The van der Waals surface area contributed by atoms with Crippen LogP contribution in [0.15, 0.2) is 36.4 Å². The van der Waals surface area contributed by atoms with Crippen LogP contribution in [0, 0.1) is 11.3 Å². The van der Waals surface area contributed by atoms with Crippen molar-refractivity contribution < 1.29 is 9.53 Å². The van der Waals surface area contributed by atoms with Crippen LogP contribution in [0.1, 0.15) is 24.1 Å². The number of hydrogen-bond acceptors (Lipinski definition) is 4. The number of thiophene rings is 1. The van der Waals surface area contributed by atoms with Gasteiger partial charge in [0.15, 0.2) is 0 Å². The third kappa shape index (κ3) is 3.44. The van der Waals surface area contributed by atoms with Gasteiger partial charge in [-0.15, -0.1) is 11.3 Å². The molecule has 2 aliphatic rings. The van der Waals surface area contributed by atoms with Gasteiger partial charge < -0.3 is 15.4 Å². The number of carbonyl (C=O) groups is 1. The normalized spacial score (nSPS) is 21.1. The summed E-state index contributed by atoms with van der Waals surface area (Å²) in [4.78, 5) is 14.9. The molecule has 1 aromatic carbocycles. The molecule has 1 spiro atoms. The molecule has 2 heterocycles. The Morgan fingerprint density at radius 1 is 1.24 bits per heavy atom. The Morgan fingerprint density at radius 2 is 2.00 bits per heavy atom. The van der Waals surface area contributed by atoms with E-state index in [0.717, 1.165) is 38.1 Å². The number of carbonyl (C=O) groups excluding carboxylic acids is 1. The minimum absolute atomic E-state index is 0.232. The van der Waals surface area contributed by atoms with E-state index in [9.17, 15) is 4.79 Å². The predicted octanol–water partition coefficient (Wildman–Crippen LogP) is 3.43. The van der Waals surface area contributed by atoms with E-state index in [1.165, 1.54) is 15.3 Å². The fourth-order valence-electron chi connectivity index (χ4n) is 3.88. The molecule has 0 radical (unpaired) electrons. The number of nitrogens with one attached hydrogen (secondary N) is 2. The van der Waals surface area contributed by atoms with Gasteiger partial charge in [0.25, 0.3) is 0 Å². The van der Waals surface area contributed by atoms with E-state index >= 15 is 0 Å². The predicted molar refractivity (Wildman–Crippen MR) is 101 cm³/mol.